The molecule has 1 saturated heterocycles. The van der Waals surface area contributed by atoms with Crippen molar-refractivity contribution >= 4 is 11.5 Å². The summed E-state index contributed by atoms with van der Waals surface area (Å²) < 4.78 is 6.80. The van der Waals surface area contributed by atoms with Crippen LogP contribution in [0.15, 0.2) is 12.4 Å². The first kappa shape index (κ1) is 10.2. The third kappa shape index (κ3) is 2.36. The first-order valence-electron chi connectivity index (χ1n) is 5.07. The van der Waals surface area contributed by atoms with Gasteiger partial charge in [-0.3, -0.25) is 9.48 Å². The second-order valence-corrected chi connectivity index (χ2v) is 3.66. The van der Waals surface area contributed by atoms with E-state index in [2.05, 4.69) is 10.00 Å². The number of carbonyl (C=O) groups is 1. The zero-order chi connectivity index (χ0) is 10.7. The molecule has 2 rings (SSSR count). The van der Waals surface area contributed by atoms with Crippen molar-refractivity contribution in [2.75, 3.05) is 31.7 Å². The van der Waals surface area contributed by atoms with Crippen LogP contribution in [0, 0.1) is 0 Å². The van der Waals surface area contributed by atoms with Crippen LogP contribution in [-0.2, 0) is 16.1 Å². The number of hydrogen-bond acceptors (Lipinski definition) is 4. The van der Waals surface area contributed by atoms with Crippen molar-refractivity contribution in [3.05, 3.63) is 12.4 Å². The van der Waals surface area contributed by atoms with Crippen LogP contribution < -0.4 is 4.90 Å². The van der Waals surface area contributed by atoms with Crippen LogP contribution in [0.3, 0.4) is 0 Å². The average Bonchev–Trinajstić information content (AvgIpc) is 2.83. The SMILES string of the molecule is COCCn1cc(N2CCC(=O)C2)cn1. The Balaban J connectivity index is 1.97. The fraction of sp³-hybridized carbons (Fsp3) is 0.600. The molecule has 0 spiro atoms. The first-order chi connectivity index (χ1) is 7.29. The molecule has 1 fully saturated rings. The molecule has 82 valence electrons. The Labute approximate surface area is 88.6 Å². The van der Waals surface area contributed by atoms with Gasteiger partial charge in [0.1, 0.15) is 0 Å². The van der Waals surface area contributed by atoms with Gasteiger partial charge in [0, 0.05) is 26.3 Å². The van der Waals surface area contributed by atoms with Gasteiger partial charge in [-0.1, -0.05) is 0 Å². The summed E-state index contributed by atoms with van der Waals surface area (Å²) in [5.41, 5.74) is 1.02. The van der Waals surface area contributed by atoms with Gasteiger partial charge in [-0.05, 0) is 0 Å². The van der Waals surface area contributed by atoms with Crippen molar-refractivity contribution in [1.29, 1.82) is 0 Å². The topological polar surface area (TPSA) is 47.4 Å². The van der Waals surface area contributed by atoms with Crippen molar-refractivity contribution in [1.82, 2.24) is 9.78 Å². The lowest BCUT2D eigenvalue weighted by molar-refractivity contribution is -0.116. The van der Waals surface area contributed by atoms with Gasteiger partial charge in [0.25, 0.3) is 0 Å². The van der Waals surface area contributed by atoms with Gasteiger partial charge in [0.05, 0.1) is 31.6 Å². The Kier molecular flexibility index (Phi) is 3.01. The molecular formula is C10H15N3O2. The van der Waals surface area contributed by atoms with E-state index in [0.717, 1.165) is 18.8 Å². The lowest BCUT2D eigenvalue weighted by atomic mass is 10.4. The molecule has 15 heavy (non-hydrogen) atoms. The van der Waals surface area contributed by atoms with Crippen molar-refractivity contribution < 1.29 is 9.53 Å². The summed E-state index contributed by atoms with van der Waals surface area (Å²) in [7, 11) is 1.67. The molecule has 5 heteroatoms. The molecule has 2 heterocycles. The summed E-state index contributed by atoms with van der Waals surface area (Å²) in [5.74, 6) is 0.305. The quantitative estimate of drug-likeness (QED) is 0.716. The number of Topliss-reactive ketones (excluding diaryl/α,β-unsaturated/α-hetero) is 1. The Morgan fingerprint density at radius 3 is 3.13 bits per heavy atom. The molecular weight excluding hydrogens is 194 g/mol. The summed E-state index contributed by atoms with van der Waals surface area (Å²) in [6.07, 6.45) is 4.41. The van der Waals surface area contributed by atoms with E-state index in [4.69, 9.17) is 4.74 Å². The second kappa shape index (κ2) is 4.44. The number of anilines is 1. The van der Waals surface area contributed by atoms with Gasteiger partial charge in [0.2, 0.25) is 0 Å². The Bertz CT molecular complexity index is 348. The third-order valence-electron chi connectivity index (χ3n) is 2.54. The number of ether oxygens (including phenoxy) is 1. The predicted octanol–water partition coefficient (Wildman–Crippen LogP) is 0.309. The van der Waals surface area contributed by atoms with Crippen molar-refractivity contribution in [2.45, 2.75) is 13.0 Å². The average molecular weight is 209 g/mol. The van der Waals surface area contributed by atoms with Gasteiger partial charge >= 0.3 is 0 Å². The van der Waals surface area contributed by atoms with E-state index in [1.54, 1.807) is 13.3 Å². The maximum absolute atomic E-state index is 11.1. The molecule has 0 amide bonds. The van der Waals surface area contributed by atoms with Gasteiger partial charge in [-0.2, -0.15) is 5.10 Å². The normalized spacial score (nSPS) is 16.3. The van der Waals surface area contributed by atoms with Crippen molar-refractivity contribution in [2.24, 2.45) is 0 Å². The van der Waals surface area contributed by atoms with Gasteiger partial charge in [-0.15, -0.1) is 0 Å². The minimum Gasteiger partial charge on any atom is -0.383 e. The minimum absolute atomic E-state index is 0.305. The van der Waals surface area contributed by atoms with Crippen LogP contribution in [-0.4, -0.2) is 42.4 Å². The van der Waals surface area contributed by atoms with Crippen LogP contribution >= 0.6 is 0 Å². The number of hydrogen-bond donors (Lipinski definition) is 0. The summed E-state index contributed by atoms with van der Waals surface area (Å²) in [6, 6.07) is 0. The lowest BCUT2D eigenvalue weighted by Gasteiger charge is -2.12. The smallest absolute Gasteiger partial charge is 0.153 e. The van der Waals surface area contributed by atoms with E-state index in [0.29, 0.717) is 25.4 Å². The zero-order valence-electron chi connectivity index (χ0n) is 8.85. The Morgan fingerprint density at radius 1 is 1.60 bits per heavy atom. The van der Waals surface area contributed by atoms with Crippen molar-refractivity contribution in [3.63, 3.8) is 0 Å². The molecule has 0 aromatic carbocycles. The highest BCUT2D eigenvalue weighted by Gasteiger charge is 2.20. The molecule has 0 radical (unpaired) electrons. The highest BCUT2D eigenvalue weighted by molar-refractivity contribution is 5.86. The van der Waals surface area contributed by atoms with Gasteiger partial charge < -0.3 is 9.64 Å². The molecule has 1 aromatic heterocycles. The van der Waals surface area contributed by atoms with Crippen LogP contribution in [0.2, 0.25) is 0 Å². The van der Waals surface area contributed by atoms with Crippen LogP contribution in [0.1, 0.15) is 6.42 Å². The molecule has 1 aromatic rings. The van der Waals surface area contributed by atoms with Crippen molar-refractivity contribution in [3.8, 4) is 0 Å². The van der Waals surface area contributed by atoms with E-state index in [-0.39, 0.29) is 0 Å². The number of carbonyl (C=O) groups excluding carboxylic acids is 1. The summed E-state index contributed by atoms with van der Waals surface area (Å²) in [4.78, 5) is 13.2. The molecule has 0 bridgehead atoms. The monoisotopic (exact) mass is 209 g/mol. The van der Waals surface area contributed by atoms with E-state index >= 15 is 0 Å². The molecule has 1 aliphatic heterocycles. The minimum atomic E-state index is 0.305. The second-order valence-electron chi connectivity index (χ2n) is 3.66. The first-order valence-corrected chi connectivity index (χ1v) is 5.07. The predicted molar refractivity (Wildman–Crippen MR) is 55.9 cm³/mol. The zero-order valence-corrected chi connectivity index (χ0v) is 8.85. The maximum atomic E-state index is 11.1. The molecule has 5 nitrogen and oxygen atoms in total. The molecule has 0 aliphatic carbocycles. The molecule has 0 N–H and O–H groups in total. The Morgan fingerprint density at radius 2 is 2.47 bits per heavy atom. The number of nitrogens with zero attached hydrogens (tertiary/aromatic N) is 3. The summed E-state index contributed by atoms with van der Waals surface area (Å²) in [5, 5.41) is 4.21. The fourth-order valence-corrected chi connectivity index (χ4v) is 1.67. The highest BCUT2D eigenvalue weighted by atomic mass is 16.5. The van der Waals surface area contributed by atoms with Gasteiger partial charge in [0.15, 0.2) is 5.78 Å². The lowest BCUT2D eigenvalue weighted by Crippen LogP contribution is -2.18. The standard InChI is InChI=1S/C10H15N3O2/c1-15-5-4-13-7-9(6-11-13)12-3-2-10(14)8-12/h6-7H,2-5,8H2,1H3. The highest BCUT2D eigenvalue weighted by Crippen LogP contribution is 2.17. The summed E-state index contributed by atoms with van der Waals surface area (Å²) >= 11 is 0. The number of ketones is 1. The van der Waals surface area contributed by atoms with E-state index in [1.165, 1.54) is 0 Å². The molecule has 1 aliphatic rings. The largest absolute Gasteiger partial charge is 0.383 e. The van der Waals surface area contributed by atoms with Crippen LogP contribution in [0.25, 0.3) is 0 Å². The maximum Gasteiger partial charge on any atom is 0.153 e. The van der Waals surface area contributed by atoms with Gasteiger partial charge in [-0.25, -0.2) is 0 Å². The third-order valence-corrected chi connectivity index (χ3v) is 2.54. The molecule has 0 unspecified atom stereocenters. The van der Waals surface area contributed by atoms with Crippen LogP contribution in [0.5, 0.6) is 0 Å². The van der Waals surface area contributed by atoms with E-state index < -0.39 is 0 Å². The molecule has 0 saturated carbocycles. The molecule has 0 atom stereocenters. The summed E-state index contributed by atoms with van der Waals surface area (Å²) in [6.45, 7) is 2.74. The van der Waals surface area contributed by atoms with E-state index in [9.17, 15) is 4.79 Å². The van der Waals surface area contributed by atoms with Crippen LogP contribution in [0.4, 0.5) is 5.69 Å². The number of methoxy groups -OCH3 is 1. The number of rotatable bonds is 4. The Hall–Kier alpha value is -1.36. The fourth-order valence-electron chi connectivity index (χ4n) is 1.67. The van der Waals surface area contributed by atoms with E-state index in [1.807, 2.05) is 10.9 Å². The number of aromatic nitrogens is 2.